The third-order valence-corrected chi connectivity index (χ3v) is 2.89. The number of hydrogen-bond acceptors (Lipinski definition) is 8. The number of hydroxylamine groups is 2. The summed E-state index contributed by atoms with van der Waals surface area (Å²) in [6, 6.07) is -1.25. The second-order valence-electron chi connectivity index (χ2n) is 5.85. The van der Waals surface area contributed by atoms with Gasteiger partial charge in [0.25, 0.3) is 0 Å². The van der Waals surface area contributed by atoms with Gasteiger partial charge in [0.15, 0.2) is 0 Å². The van der Waals surface area contributed by atoms with Crippen LogP contribution < -0.4 is 33.5 Å². The van der Waals surface area contributed by atoms with Gasteiger partial charge in [0.2, 0.25) is 0 Å². The number of amides is 4. The molecule has 0 spiro atoms. The zero-order chi connectivity index (χ0) is 19.1. The molecule has 0 aromatic rings. The molecular weight excluding hydrogens is 336 g/mol. The first-order valence-electron chi connectivity index (χ1n) is 7.79. The first kappa shape index (κ1) is 23.3. The molecule has 0 aliphatic rings. The summed E-state index contributed by atoms with van der Waals surface area (Å²) in [5.41, 5.74) is 7.52. The summed E-state index contributed by atoms with van der Waals surface area (Å²) in [5, 5.41) is 0. The summed E-state index contributed by atoms with van der Waals surface area (Å²) >= 11 is 0. The van der Waals surface area contributed by atoms with Gasteiger partial charge in [-0.1, -0.05) is 6.92 Å². The monoisotopic (exact) mass is 366 g/mol. The normalized spacial score (nSPS) is 12.4. The number of rotatable bonds is 13. The van der Waals surface area contributed by atoms with E-state index in [0.717, 1.165) is 0 Å². The fourth-order valence-corrected chi connectivity index (χ4v) is 1.46. The molecule has 0 rings (SSSR count). The van der Waals surface area contributed by atoms with Gasteiger partial charge in [-0.25, -0.2) is 32.2 Å². The smallest absolute Gasteiger partial charge is 0.352 e. The van der Waals surface area contributed by atoms with Crippen molar-refractivity contribution in [2.45, 2.75) is 32.8 Å². The van der Waals surface area contributed by atoms with Crippen molar-refractivity contribution in [3.05, 3.63) is 0 Å². The van der Waals surface area contributed by atoms with Crippen molar-refractivity contribution in [2.24, 2.45) is 17.6 Å². The first-order valence-corrected chi connectivity index (χ1v) is 7.79. The number of nitrogens with two attached hydrogens (primary N) is 2. The Morgan fingerprint density at radius 1 is 0.960 bits per heavy atom. The van der Waals surface area contributed by atoms with Crippen molar-refractivity contribution in [2.75, 3.05) is 33.0 Å². The Kier molecular flexibility index (Phi) is 12.7. The largest absolute Gasteiger partial charge is 0.379 e. The Labute approximate surface area is 147 Å². The van der Waals surface area contributed by atoms with E-state index < -0.39 is 17.7 Å². The minimum absolute atomic E-state index is 0.168. The zero-order valence-electron chi connectivity index (χ0n) is 14.9. The lowest BCUT2D eigenvalue weighted by Gasteiger charge is -2.27. The van der Waals surface area contributed by atoms with Crippen LogP contribution in [0.4, 0.5) is 9.59 Å². The van der Waals surface area contributed by atoms with Crippen LogP contribution in [0.5, 0.6) is 0 Å². The van der Waals surface area contributed by atoms with Crippen LogP contribution >= 0.6 is 0 Å². The molecule has 1 unspecified atom stereocenters. The third kappa shape index (κ3) is 14.4. The molecule has 148 valence electrons. The predicted octanol–water partition coefficient (Wildman–Crippen LogP) is -0.967. The van der Waals surface area contributed by atoms with Crippen LogP contribution in [-0.4, -0.2) is 50.7 Å². The molecule has 0 bridgehead atoms. The van der Waals surface area contributed by atoms with Gasteiger partial charge in [0.1, 0.15) is 0 Å². The Balaban J connectivity index is 3.65. The highest BCUT2D eigenvalue weighted by Crippen LogP contribution is 2.16. The second-order valence-corrected chi connectivity index (χ2v) is 5.85. The molecule has 0 fully saturated rings. The number of hydrogen-bond donors (Lipinski definition) is 6. The van der Waals surface area contributed by atoms with Crippen molar-refractivity contribution in [3.8, 4) is 0 Å². The standard InChI is InChI=1S/C13H30N6O6/c1-10(8-22-6-7-25-19-12(21)17-15)9-23-13(2,3)4-5-24-18-11(20)16-14/h10H,4-9,14-15H2,1-3H3,(H2,16,18,20)(H2,17,19,21). The van der Waals surface area contributed by atoms with E-state index in [1.54, 1.807) is 0 Å². The topological polar surface area (TPSA) is 171 Å². The minimum atomic E-state index is -0.633. The fourth-order valence-electron chi connectivity index (χ4n) is 1.46. The van der Waals surface area contributed by atoms with Crippen LogP contribution in [0.25, 0.3) is 0 Å². The third-order valence-electron chi connectivity index (χ3n) is 2.89. The van der Waals surface area contributed by atoms with E-state index >= 15 is 0 Å². The van der Waals surface area contributed by atoms with E-state index in [0.29, 0.717) is 26.2 Å². The average Bonchev–Trinajstić information content (AvgIpc) is 2.59. The lowest BCUT2D eigenvalue weighted by molar-refractivity contribution is -0.0717. The molecule has 0 aromatic carbocycles. The molecule has 12 heteroatoms. The van der Waals surface area contributed by atoms with Crippen molar-refractivity contribution >= 4 is 12.1 Å². The average molecular weight is 366 g/mol. The van der Waals surface area contributed by atoms with E-state index in [1.807, 2.05) is 31.6 Å². The Morgan fingerprint density at radius 3 is 2.08 bits per heavy atom. The van der Waals surface area contributed by atoms with Crippen LogP contribution in [-0.2, 0) is 19.1 Å². The van der Waals surface area contributed by atoms with Crippen LogP contribution in [0.1, 0.15) is 27.2 Å². The van der Waals surface area contributed by atoms with Gasteiger partial charge in [-0.3, -0.25) is 20.5 Å². The number of urea groups is 2. The van der Waals surface area contributed by atoms with Crippen LogP contribution in [0.3, 0.4) is 0 Å². The van der Waals surface area contributed by atoms with Crippen molar-refractivity contribution in [3.63, 3.8) is 0 Å². The number of ether oxygens (including phenoxy) is 2. The fraction of sp³-hybridized carbons (Fsp3) is 0.846. The molecule has 12 nitrogen and oxygen atoms in total. The van der Waals surface area contributed by atoms with Gasteiger partial charge >= 0.3 is 12.1 Å². The van der Waals surface area contributed by atoms with Crippen LogP contribution in [0, 0.1) is 5.92 Å². The van der Waals surface area contributed by atoms with Gasteiger partial charge in [-0.2, -0.15) is 0 Å². The number of hydrazine groups is 2. The Hall–Kier alpha value is -1.70. The molecule has 8 N–H and O–H groups in total. The molecule has 0 aromatic heterocycles. The summed E-state index contributed by atoms with van der Waals surface area (Å²) in [6.45, 7) is 7.63. The highest BCUT2D eigenvalue weighted by Gasteiger charge is 2.19. The summed E-state index contributed by atoms with van der Waals surface area (Å²) in [5.74, 6) is 9.92. The Morgan fingerprint density at radius 2 is 1.52 bits per heavy atom. The Bertz CT molecular complexity index is 384. The molecule has 0 radical (unpaired) electrons. The predicted molar refractivity (Wildman–Crippen MR) is 88.2 cm³/mol. The van der Waals surface area contributed by atoms with Gasteiger partial charge in [-0.15, -0.1) is 0 Å². The van der Waals surface area contributed by atoms with Crippen LogP contribution in [0.2, 0.25) is 0 Å². The second kappa shape index (κ2) is 13.6. The maximum Gasteiger partial charge on any atom is 0.352 e. The van der Waals surface area contributed by atoms with E-state index in [2.05, 4.69) is 11.0 Å². The van der Waals surface area contributed by atoms with E-state index in [4.69, 9.17) is 30.8 Å². The zero-order valence-corrected chi connectivity index (χ0v) is 14.9. The molecule has 0 heterocycles. The highest BCUT2D eigenvalue weighted by molar-refractivity contribution is 5.72. The summed E-state index contributed by atoms with van der Waals surface area (Å²) in [6.07, 6.45) is 0.578. The number of nitrogens with one attached hydrogen (secondary N) is 4. The maximum atomic E-state index is 10.8. The van der Waals surface area contributed by atoms with Crippen molar-refractivity contribution in [1.29, 1.82) is 0 Å². The number of carbonyl (C=O) groups is 2. The molecule has 0 saturated heterocycles. The van der Waals surface area contributed by atoms with Gasteiger partial charge < -0.3 is 9.47 Å². The molecule has 0 saturated carbocycles. The number of carbonyl (C=O) groups excluding carboxylic acids is 2. The minimum Gasteiger partial charge on any atom is -0.379 e. The summed E-state index contributed by atoms with van der Waals surface area (Å²) in [7, 11) is 0. The van der Waals surface area contributed by atoms with Gasteiger partial charge in [-0.05, 0) is 13.8 Å². The van der Waals surface area contributed by atoms with Crippen LogP contribution in [0.15, 0.2) is 0 Å². The molecule has 0 aliphatic carbocycles. The molecule has 0 aliphatic heterocycles. The van der Waals surface area contributed by atoms with Gasteiger partial charge in [0.05, 0.1) is 38.6 Å². The lowest BCUT2D eigenvalue weighted by atomic mass is 10.1. The molecule has 25 heavy (non-hydrogen) atoms. The molecule has 4 amide bonds. The summed E-state index contributed by atoms with van der Waals surface area (Å²) in [4.78, 5) is 31.3. The first-order chi connectivity index (χ1) is 11.8. The van der Waals surface area contributed by atoms with Crippen molar-refractivity contribution in [1.82, 2.24) is 21.8 Å². The highest BCUT2D eigenvalue weighted by atomic mass is 16.7. The molecule has 1 atom stereocenters. The summed E-state index contributed by atoms with van der Waals surface area (Å²) < 4.78 is 11.2. The lowest BCUT2D eigenvalue weighted by Crippen LogP contribution is -2.40. The SMILES string of the molecule is CC(COCCONC(=O)NN)COC(C)(C)CCONC(=O)NN. The quantitative estimate of drug-likeness (QED) is 0.105. The van der Waals surface area contributed by atoms with Crippen molar-refractivity contribution < 1.29 is 28.7 Å². The van der Waals surface area contributed by atoms with E-state index in [9.17, 15) is 9.59 Å². The van der Waals surface area contributed by atoms with Gasteiger partial charge in [0, 0.05) is 12.3 Å². The molecular formula is C13H30N6O6. The van der Waals surface area contributed by atoms with E-state index in [1.165, 1.54) is 0 Å². The van der Waals surface area contributed by atoms with E-state index in [-0.39, 0.29) is 19.1 Å². The maximum absolute atomic E-state index is 10.8.